The lowest BCUT2D eigenvalue weighted by Gasteiger charge is -2.12. The van der Waals surface area contributed by atoms with E-state index in [-0.39, 0.29) is 0 Å². The van der Waals surface area contributed by atoms with Gasteiger partial charge in [0, 0.05) is 29.8 Å². The Morgan fingerprint density at radius 2 is 1.71 bits per heavy atom. The standard InChI is InChI=1S/C15H14N2.2C2H6/c1-10-11(2)13-7-5-9-17-15(13)14-12(10)6-3-4-8-16-14;2*1-2/h3,5-9H,4H2,1-2H3;2*1-2H3. The Kier molecular flexibility index (Phi) is 6.80. The minimum absolute atomic E-state index is 0.890. The first-order valence-corrected chi connectivity index (χ1v) is 7.86. The van der Waals surface area contributed by atoms with Crippen LogP contribution in [0.4, 0.5) is 5.69 Å². The number of aliphatic imine (C=N–C) groups is 1. The van der Waals surface area contributed by atoms with Crippen LogP contribution in [0, 0.1) is 13.8 Å². The second-order valence-corrected chi connectivity index (χ2v) is 4.36. The van der Waals surface area contributed by atoms with Gasteiger partial charge in [0.05, 0.1) is 11.2 Å². The lowest BCUT2D eigenvalue weighted by molar-refractivity contribution is 1.31. The molecule has 0 N–H and O–H groups in total. The van der Waals surface area contributed by atoms with Crippen molar-refractivity contribution in [1.29, 1.82) is 0 Å². The van der Waals surface area contributed by atoms with Crippen LogP contribution in [0.3, 0.4) is 0 Å². The van der Waals surface area contributed by atoms with Crippen molar-refractivity contribution in [3.05, 3.63) is 41.1 Å². The van der Waals surface area contributed by atoms with Crippen LogP contribution in [0.1, 0.15) is 50.8 Å². The van der Waals surface area contributed by atoms with Crippen molar-refractivity contribution in [3.8, 4) is 0 Å². The number of pyridine rings is 1. The topological polar surface area (TPSA) is 25.2 Å². The number of aromatic nitrogens is 1. The molecule has 2 aromatic rings. The second kappa shape index (κ2) is 8.35. The van der Waals surface area contributed by atoms with E-state index in [0.29, 0.717) is 0 Å². The molecule has 0 saturated carbocycles. The third-order valence-corrected chi connectivity index (χ3v) is 3.40. The number of rotatable bonds is 0. The van der Waals surface area contributed by atoms with Gasteiger partial charge in [-0.1, -0.05) is 45.9 Å². The molecule has 0 spiro atoms. The molecule has 2 nitrogen and oxygen atoms in total. The van der Waals surface area contributed by atoms with Crippen molar-refractivity contribution in [2.75, 3.05) is 0 Å². The Labute approximate surface area is 128 Å². The first-order valence-electron chi connectivity index (χ1n) is 7.86. The van der Waals surface area contributed by atoms with Gasteiger partial charge in [-0.15, -0.1) is 0 Å². The minimum atomic E-state index is 0.890. The zero-order valence-electron chi connectivity index (χ0n) is 14.1. The molecule has 21 heavy (non-hydrogen) atoms. The fourth-order valence-corrected chi connectivity index (χ4v) is 2.33. The summed E-state index contributed by atoms with van der Waals surface area (Å²) in [4.78, 5) is 9.06. The highest BCUT2D eigenvalue weighted by atomic mass is 14.8. The van der Waals surface area contributed by atoms with Crippen molar-refractivity contribution < 1.29 is 0 Å². The molecule has 3 rings (SSSR count). The molecule has 0 amide bonds. The summed E-state index contributed by atoms with van der Waals surface area (Å²) in [6, 6.07) is 4.10. The maximum Gasteiger partial charge on any atom is 0.0967 e. The van der Waals surface area contributed by atoms with Crippen LogP contribution >= 0.6 is 0 Å². The lowest BCUT2D eigenvalue weighted by Crippen LogP contribution is -1.92. The smallest absolute Gasteiger partial charge is 0.0967 e. The molecule has 1 aromatic carbocycles. The van der Waals surface area contributed by atoms with Gasteiger partial charge >= 0.3 is 0 Å². The van der Waals surface area contributed by atoms with Crippen molar-refractivity contribution in [3.63, 3.8) is 0 Å². The van der Waals surface area contributed by atoms with E-state index in [1.54, 1.807) is 0 Å². The zero-order chi connectivity index (χ0) is 15.8. The Bertz CT molecular complexity index is 652. The molecule has 2 heteroatoms. The number of benzene rings is 1. The van der Waals surface area contributed by atoms with E-state index in [1.807, 2.05) is 46.2 Å². The first kappa shape index (κ1) is 17.1. The maximum atomic E-state index is 4.57. The summed E-state index contributed by atoms with van der Waals surface area (Å²) < 4.78 is 0. The molecule has 112 valence electrons. The van der Waals surface area contributed by atoms with Crippen LogP contribution in [-0.4, -0.2) is 11.2 Å². The van der Waals surface area contributed by atoms with Crippen LogP contribution in [0.5, 0.6) is 0 Å². The van der Waals surface area contributed by atoms with E-state index < -0.39 is 0 Å². The largest absolute Gasteiger partial charge is 0.258 e. The normalized spacial score (nSPS) is 11.7. The van der Waals surface area contributed by atoms with Crippen molar-refractivity contribution in [1.82, 2.24) is 4.98 Å². The van der Waals surface area contributed by atoms with E-state index in [0.717, 1.165) is 17.6 Å². The summed E-state index contributed by atoms with van der Waals surface area (Å²) >= 11 is 0. The first-order chi connectivity index (χ1) is 10.3. The predicted molar refractivity (Wildman–Crippen MR) is 95.7 cm³/mol. The highest BCUT2D eigenvalue weighted by Gasteiger charge is 2.13. The molecule has 0 fully saturated rings. The van der Waals surface area contributed by atoms with Crippen LogP contribution in [0.15, 0.2) is 29.4 Å². The summed E-state index contributed by atoms with van der Waals surface area (Å²) in [6.45, 7) is 12.3. The number of allylic oxidation sites excluding steroid dienone is 1. The molecular formula is C19H26N2. The molecule has 0 aliphatic carbocycles. The van der Waals surface area contributed by atoms with Crippen molar-refractivity contribution in [2.24, 2.45) is 4.99 Å². The number of aryl methyl sites for hydroxylation is 1. The van der Waals surface area contributed by atoms with Gasteiger partial charge < -0.3 is 0 Å². The predicted octanol–water partition coefficient (Wildman–Crippen LogP) is 6.02. The van der Waals surface area contributed by atoms with Gasteiger partial charge in [0.2, 0.25) is 0 Å². The fraction of sp³-hybridized carbons (Fsp3) is 0.368. The Morgan fingerprint density at radius 3 is 2.43 bits per heavy atom. The van der Waals surface area contributed by atoms with Crippen LogP contribution in [-0.2, 0) is 0 Å². The Balaban J connectivity index is 0.000000510. The number of hydrogen-bond donors (Lipinski definition) is 0. The minimum Gasteiger partial charge on any atom is -0.258 e. The highest BCUT2D eigenvalue weighted by molar-refractivity contribution is 5.99. The third-order valence-electron chi connectivity index (χ3n) is 3.40. The van der Waals surface area contributed by atoms with E-state index in [9.17, 15) is 0 Å². The Hall–Kier alpha value is -1.96. The quantitative estimate of drug-likeness (QED) is 0.579. The van der Waals surface area contributed by atoms with Crippen molar-refractivity contribution >= 4 is 28.9 Å². The van der Waals surface area contributed by atoms with E-state index in [2.05, 4.69) is 42.0 Å². The van der Waals surface area contributed by atoms with E-state index >= 15 is 0 Å². The summed E-state index contributed by atoms with van der Waals surface area (Å²) in [5, 5.41) is 1.20. The molecular weight excluding hydrogens is 256 g/mol. The van der Waals surface area contributed by atoms with Crippen molar-refractivity contribution in [2.45, 2.75) is 48.0 Å². The second-order valence-electron chi connectivity index (χ2n) is 4.36. The Morgan fingerprint density at radius 1 is 1.00 bits per heavy atom. The highest BCUT2D eigenvalue weighted by Crippen LogP contribution is 2.36. The lowest BCUT2D eigenvalue weighted by atomic mass is 9.96. The number of fused-ring (bicyclic) bond motifs is 3. The summed E-state index contributed by atoms with van der Waals surface area (Å²) in [5.74, 6) is 0. The van der Waals surface area contributed by atoms with Gasteiger partial charge in [0.25, 0.3) is 0 Å². The average Bonchev–Trinajstić information content (AvgIpc) is 2.82. The molecule has 1 aromatic heterocycles. The third kappa shape index (κ3) is 3.38. The average molecular weight is 282 g/mol. The molecule has 2 heterocycles. The molecule has 1 aliphatic rings. The van der Waals surface area contributed by atoms with Gasteiger partial charge in [-0.05, 0) is 31.0 Å². The molecule has 0 atom stereocenters. The van der Waals surface area contributed by atoms with Gasteiger partial charge in [0.1, 0.15) is 0 Å². The molecule has 0 unspecified atom stereocenters. The zero-order valence-corrected chi connectivity index (χ0v) is 14.1. The summed E-state index contributed by atoms with van der Waals surface area (Å²) in [7, 11) is 0. The number of nitrogens with zero attached hydrogens (tertiary/aromatic N) is 2. The SMILES string of the molecule is CC.CC.Cc1c2c(c3ncccc3c1C)N=CCC=C2. The number of hydrogen-bond acceptors (Lipinski definition) is 2. The molecule has 0 saturated heterocycles. The van der Waals surface area contributed by atoms with Gasteiger partial charge in [-0.25, -0.2) is 0 Å². The van der Waals surface area contributed by atoms with Crippen LogP contribution in [0.25, 0.3) is 17.0 Å². The van der Waals surface area contributed by atoms with Gasteiger partial charge in [0.15, 0.2) is 0 Å². The van der Waals surface area contributed by atoms with Gasteiger partial charge in [-0.3, -0.25) is 9.98 Å². The summed E-state index contributed by atoms with van der Waals surface area (Å²) in [5.41, 5.74) is 5.83. The molecule has 1 aliphatic heterocycles. The van der Waals surface area contributed by atoms with E-state index in [4.69, 9.17) is 0 Å². The summed E-state index contributed by atoms with van der Waals surface area (Å²) in [6.07, 6.45) is 8.99. The van der Waals surface area contributed by atoms with E-state index in [1.165, 1.54) is 22.1 Å². The molecule has 0 radical (unpaired) electrons. The van der Waals surface area contributed by atoms with Crippen LogP contribution < -0.4 is 0 Å². The monoisotopic (exact) mass is 282 g/mol. The molecule has 0 bridgehead atoms. The fourth-order valence-electron chi connectivity index (χ4n) is 2.33. The van der Waals surface area contributed by atoms with Crippen LogP contribution in [0.2, 0.25) is 0 Å². The van der Waals surface area contributed by atoms with Gasteiger partial charge in [-0.2, -0.15) is 0 Å². The maximum absolute atomic E-state index is 4.57.